The fourth-order valence-corrected chi connectivity index (χ4v) is 6.81. The van der Waals surface area contributed by atoms with Crippen molar-refractivity contribution in [3.05, 3.63) is 130 Å². The van der Waals surface area contributed by atoms with Crippen molar-refractivity contribution in [2.75, 3.05) is 17.4 Å². The van der Waals surface area contributed by atoms with E-state index >= 15 is 0 Å². The Labute approximate surface area is 265 Å². The van der Waals surface area contributed by atoms with E-state index in [0.717, 1.165) is 26.6 Å². The first-order chi connectivity index (χ1) is 21.0. The van der Waals surface area contributed by atoms with Crippen molar-refractivity contribution in [1.82, 2.24) is 10.2 Å². The lowest BCUT2D eigenvalue weighted by molar-refractivity contribution is -0.140. The predicted molar refractivity (Wildman–Crippen MR) is 176 cm³/mol. The van der Waals surface area contributed by atoms with Crippen LogP contribution in [0.3, 0.4) is 0 Å². The number of halogens is 1. The van der Waals surface area contributed by atoms with Crippen molar-refractivity contribution >= 4 is 39.1 Å². The van der Waals surface area contributed by atoms with Crippen molar-refractivity contribution in [2.24, 2.45) is 0 Å². The van der Waals surface area contributed by atoms with E-state index in [2.05, 4.69) is 5.32 Å². The Hall–Kier alpha value is -4.14. The Balaban J connectivity index is 1.82. The third-order valence-electron chi connectivity index (χ3n) is 7.37. The normalized spacial score (nSPS) is 11.9. The Bertz CT molecular complexity index is 1710. The molecule has 2 amide bonds. The van der Waals surface area contributed by atoms with Gasteiger partial charge in [-0.2, -0.15) is 0 Å². The maximum absolute atomic E-state index is 14.5. The van der Waals surface area contributed by atoms with E-state index in [1.165, 1.54) is 17.0 Å². The fourth-order valence-electron chi connectivity index (χ4n) is 5.10. The highest BCUT2D eigenvalue weighted by Crippen LogP contribution is 2.30. The van der Waals surface area contributed by atoms with Crippen molar-refractivity contribution < 1.29 is 18.0 Å². The van der Waals surface area contributed by atoms with Gasteiger partial charge in [0.2, 0.25) is 11.8 Å². The van der Waals surface area contributed by atoms with E-state index < -0.39 is 28.5 Å². The molecule has 0 saturated carbocycles. The van der Waals surface area contributed by atoms with Gasteiger partial charge < -0.3 is 10.2 Å². The summed E-state index contributed by atoms with van der Waals surface area (Å²) in [7, 11) is -4.19. The molecular weight excluding hydrogens is 594 g/mol. The van der Waals surface area contributed by atoms with Crippen LogP contribution in [0.5, 0.6) is 0 Å². The van der Waals surface area contributed by atoms with Crippen molar-refractivity contribution in [1.29, 1.82) is 0 Å². The van der Waals surface area contributed by atoms with Gasteiger partial charge in [0, 0.05) is 24.5 Å². The van der Waals surface area contributed by atoms with Crippen LogP contribution in [0.2, 0.25) is 5.02 Å². The Kier molecular flexibility index (Phi) is 10.8. The molecule has 1 atom stereocenters. The summed E-state index contributed by atoms with van der Waals surface area (Å²) < 4.78 is 29.5. The third kappa shape index (κ3) is 8.07. The summed E-state index contributed by atoms with van der Waals surface area (Å²) in [6.45, 7) is 7.39. The first-order valence-corrected chi connectivity index (χ1v) is 16.3. The largest absolute Gasteiger partial charge is 0.355 e. The molecule has 0 spiro atoms. The second-order valence-electron chi connectivity index (χ2n) is 10.9. The molecule has 9 heteroatoms. The zero-order chi connectivity index (χ0) is 31.9. The molecule has 0 fully saturated rings. The summed E-state index contributed by atoms with van der Waals surface area (Å²) in [6, 6.07) is 27.7. The van der Waals surface area contributed by atoms with Crippen LogP contribution in [0.15, 0.2) is 102 Å². The van der Waals surface area contributed by atoms with Gasteiger partial charge in [0.1, 0.15) is 12.6 Å². The lowest BCUT2D eigenvalue weighted by atomic mass is 10.0. The third-order valence-corrected chi connectivity index (χ3v) is 9.38. The number of benzene rings is 4. The quantitative estimate of drug-likeness (QED) is 0.201. The lowest BCUT2D eigenvalue weighted by Crippen LogP contribution is -2.53. The molecule has 0 saturated heterocycles. The van der Waals surface area contributed by atoms with E-state index in [-0.39, 0.29) is 23.8 Å². The lowest BCUT2D eigenvalue weighted by Gasteiger charge is -2.34. The number of hydrogen-bond acceptors (Lipinski definition) is 4. The van der Waals surface area contributed by atoms with Gasteiger partial charge in [0.25, 0.3) is 10.0 Å². The van der Waals surface area contributed by atoms with E-state index in [4.69, 9.17) is 11.6 Å². The molecule has 44 heavy (non-hydrogen) atoms. The van der Waals surface area contributed by atoms with E-state index in [1.54, 1.807) is 37.3 Å². The second kappa shape index (κ2) is 14.6. The number of sulfonamides is 1. The highest BCUT2D eigenvalue weighted by Gasteiger charge is 2.35. The van der Waals surface area contributed by atoms with Gasteiger partial charge >= 0.3 is 0 Å². The standard InChI is InChI=1S/C35H38ClN3O4S/c1-5-37-35(41)33(22-28-11-7-6-8-12-28)38(23-29-13-9-10-26(3)20-29)34(40)24-39(32-19-16-30(36)21-27(32)4)44(42,43)31-17-14-25(2)15-18-31/h6-21,33H,5,22-24H2,1-4H3,(H,37,41)/t33-/m0/s1. The van der Waals surface area contributed by atoms with E-state index in [1.807, 2.05) is 75.4 Å². The molecule has 0 bridgehead atoms. The van der Waals surface area contributed by atoms with Crippen LogP contribution >= 0.6 is 11.6 Å². The van der Waals surface area contributed by atoms with Gasteiger partial charge in [-0.15, -0.1) is 0 Å². The van der Waals surface area contributed by atoms with Gasteiger partial charge in [-0.1, -0.05) is 89.5 Å². The van der Waals surface area contributed by atoms with Crippen LogP contribution < -0.4 is 9.62 Å². The summed E-state index contributed by atoms with van der Waals surface area (Å²) in [6.07, 6.45) is 0.259. The monoisotopic (exact) mass is 631 g/mol. The number of carbonyl (C=O) groups excluding carboxylic acids is 2. The predicted octanol–water partition coefficient (Wildman–Crippen LogP) is 6.24. The van der Waals surface area contributed by atoms with Crippen molar-refractivity contribution in [3.8, 4) is 0 Å². The number of nitrogens with one attached hydrogen (secondary N) is 1. The van der Waals surface area contributed by atoms with Crippen LogP contribution in [-0.4, -0.2) is 44.3 Å². The highest BCUT2D eigenvalue weighted by atomic mass is 35.5. The maximum Gasteiger partial charge on any atom is 0.264 e. The van der Waals surface area contributed by atoms with Crippen LogP contribution in [0.1, 0.15) is 34.7 Å². The Morgan fingerprint density at radius 1 is 0.818 bits per heavy atom. The van der Waals surface area contributed by atoms with E-state index in [0.29, 0.717) is 22.8 Å². The molecule has 4 rings (SSSR count). The zero-order valence-electron chi connectivity index (χ0n) is 25.5. The molecule has 7 nitrogen and oxygen atoms in total. The minimum Gasteiger partial charge on any atom is -0.355 e. The first-order valence-electron chi connectivity index (χ1n) is 14.5. The summed E-state index contributed by atoms with van der Waals surface area (Å²) in [5.74, 6) is -0.823. The molecule has 4 aromatic carbocycles. The first kappa shape index (κ1) is 32.8. The second-order valence-corrected chi connectivity index (χ2v) is 13.2. The number of likely N-dealkylation sites (N-methyl/N-ethyl adjacent to an activating group) is 1. The Morgan fingerprint density at radius 3 is 2.14 bits per heavy atom. The highest BCUT2D eigenvalue weighted by molar-refractivity contribution is 7.92. The number of amides is 2. The number of aryl methyl sites for hydroxylation is 3. The van der Waals surface area contributed by atoms with Crippen LogP contribution in [-0.2, 0) is 32.6 Å². The van der Waals surface area contributed by atoms with E-state index in [9.17, 15) is 18.0 Å². The zero-order valence-corrected chi connectivity index (χ0v) is 27.0. The minimum absolute atomic E-state index is 0.0556. The molecule has 0 aromatic heterocycles. The van der Waals surface area contributed by atoms with Crippen molar-refractivity contribution in [2.45, 2.75) is 51.6 Å². The SMILES string of the molecule is CCNC(=O)[C@H](Cc1ccccc1)N(Cc1cccc(C)c1)C(=O)CN(c1ccc(Cl)cc1C)S(=O)(=O)c1ccc(C)cc1. The topological polar surface area (TPSA) is 86.8 Å². The average Bonchev–Trinajstić information content (AvgIpc) is 2.99. The molecule has 0 aliphatic carbocycles. The van der Waals surface area contributed by atoms with Gasteiger partial charge in [0.15, 0.2) is 0 Å². The number of anilines is 1. The molecule has 0 aliphatic rings. The summed E-state index contributed by atoms with van der Waals surface area (Å²) in [5.41, 5.74) is 4.55. The van der Waals surface area contributed by atoms with Gasteiger partial charge in [-0.25, -0.2) is 8.42 Å². The molecule has 0 unspecified atom stereocenters. The van der Waals surface area contributed by atoms with Crippen LogP contribution in [0.25, 0.3) is 0 Å². The molecular formula is C35H38ClN3O4S. The number of rotatable bonds is 12. The van der Waals surface area contributed by atoms with Gasteiger partial charge in [0.05, 0.1) is 10.6 Å². The van der Waals surface area contributed by atoms with Crippen molar-refractivity contribution in [3.63, 3.8) is 0 Å². The Morgan fingerprint density at radius 2 is 1.50 bits per heavy atom. The number of hydrogen-bond donors (Lipinski definition) is 1. The molecule has 1 N–H and O–H groups in total. The maximum atomic E-state index is 14.5. The average molecular weight is 632 g/mol. The molecule has 0 aliphatic heterocycles. The molecule has 230 valence electrons. The summed E-state index contributed by atoms with van der Waals surface area (Å²) >= 11 is 6.23. The molecule has 4 aromatic rings. The molecule has 0 radical (unpaired) electrons. The van der Waals surface area contributed by atoms with Crippen LogP contribution in [0, 0.1) is 20.8 Å². The number of carbonyl (C=O) groups is 2. The van der Waals surface area contributed by atoms with Crippen LogP contribution in [0.4, 0.5) is 5.69 Å². The molecule has 0 heterocycles. The summed E-state index contributed by atoms with van der Waals surface area (Å²) in [5, 5.41) is 3.33. The summed E-state index contributed by atoms with van der Waals surface area (Å²) in [4.78, 5) is 29.6. The fraction of sp³-hybridized carbons (Fsp3) is 0.257. The van der Waals surface area contributed by atoms with Gasteiger partial charge in [-0.05, 0) is 74.7 Å². The number of nitrogens with zero attached hydrogens (tertiary/aromatic N) is 2. The minimum atomic E-state index is -4.19. The smallest absolute Gasteiger partial charge is 0.264 e. The van der Waals surface area contributed by atoms with Gasteiger partial charge in [-0.3, -0.25) is 13.9 Å².